The van der Waals surface area contributed by atoms with Crippen molar-refractivity contribution in [1.82, 2.24) is 19.3 Å². The fraction of sp³-hybridized carbons (Fsp3) is 0.300. The Morgan fingerprint density at radius 1 is 1.29 bits per heavy atom. The molecule has 1 saturated heterocycles. The second kappa shape index (κ2) is 9.59. The van der Waals surface area contributed by atoms with E-state index in [1.165, 1.54) is 11.9 Å². The minimum absolute atomic E-state index is 0.0869. The van der Waals surface area contributed by atoms with E-state index in [-0.39, 0.29) is 11.7 Å². The normalized spacial score (nSPS) is 16.2. The van der Waals surface area contributed by atoms with Crippen LogP contribution in [0.25, 0.3) is 6.08 Å². The standard InChI is InChI=1S/C20H24N4O3S/c1-2-3-4-7-15-14-24(20(26)21-15)16-10-12-23(13-11-16)28-18-9-6-5-8-17(18)19(25)22-27/h2-9,14,16,27H,10-13H2,1H3,(H,21,26)(H,22,25)/b3-2-,7-4-. The molecule has 1 aliphatic rings. The lowest BCUT2D eigenvalue weighted by Crippen LogP contribution is -2.33. The molecule has 1 aliphatic heterocycles. The summed E-state index contributed by atoms with van der Waals surface area (Å²) < 4.78 is 3.97. The first-order valence-electron chi connectivity index (χ1n) is 9.19. The van der Waals surface area contributed by atoms with Crippen molar-refractivity contribution in [2.75, 3.05) is 13.1 Å². The van der Waals surface area contributed by atoms with Crippen molar-refractivity contribution < 1.29 is 10.0 Å². The number of hydrogen-bond donors (Lipinski definition) is 3. The molecule has 0 aliphatic carbocycles. The number of H-pyrrole nitrogens is 1. The number of carbonyl (C=O) groups excluding carboxylic acids is 1. The summed E-state index contributed by atoms with van der Waals surface area (Å²) in [6, 6.07) is 7.33. The maximum Gasteiger partial charge on any atom is 0.326 e. The van der Waals surface area contributed by atoms with E-state index in [9.17, 15) is 9.59 Å². The van der Waals surface area contributed by atoms with Crippen molar-refractivity contribution in [1.29, 1.82) is 0 Å². The van der Waals surface area contributed by atoms with E-state index < -0.39 is 5.91 Å². The summed E-state index contributed by atoms with van der Waals surface area (Å²) >= 11 is 1.50. The molecule has 148 valence electrons. The average molecular weight is 401 g/mol. The number of benzene rings is 1. The second-order valence-electron chi connectivity index (χ2n) is 6.50. The molecular weight excluding hydrogens is 376 g/mol. The minimum Gasteiger partial charge on any atom is -0.306 e. The molecule has 1 fully saturated rings. The minimum atomic E-state index is -0.518. The number of piperidine rings is 1. The molecule has 2 heterocycles. The Hall–Kier alpha value is -2.55. The smallest absolute Gasteiger partial charge is 0.306 e. The third-order valence-corrected chi connectivity index (χ3v) is 5.80. The van der Waals surface area contributed by atoms with Crippen LogP contribution >= 0.6 is 11.9 Å². The Bertz CT molecular complexity index is 924. The lowest BCUT2D eigenvalue weighted by Gasteiger charge is -2.31. The summed E-state index contributed by atoms with van der Waals surface area (Å²) in [5, 5.41) is 8.91. The highest BCUT2D eigenvalue weighted by atomic mass is 32.2. The highest BCUT2D eigenvalue weighted by molar-refractivity contribution is 7.97. The third kappa shape index (κ3) is 4.83. The first-order chi connectivity index (χ1) is 13.6. The molecule has 1 aromatic carbocycles. The van der Waals surface area contributed by atoms with E-state index in [2.05, 4.69) is 9.29 Å². The maximum absolute atomic E-state index is 12.3. The molecule has 0 unspecified atom stereocenters. The molecule has 7 nitrogen and oxygen atoms in total. The van der Waals surface area contributed by atoms with Gasteiger partial charge in [0.2, 0.25) is 0 Å². The zero-order valence-corrected chi connectivity index (χ0v) is 16.5. The number of nitrogens with one attached hydrogen (secondary N) is 2. The van der Waals surface area contributed by atoms with Gasteiger partial charge in [0.15, 0.2) is 0 Å². The van der Waals surface area contributed by atoms with Crippen LogP contribution in [0.5, 0.6) is 0 Å². The van der Waals surface area contributed by atoms with Crippen LogP contribution in [0.15, 0.2) is 58.4 Å². The highest BCUT2D eigenvalue weighted by Crippen LogP contribution is 2.31. The topological polar surface area (TPSA) is 90.4 Å². The summed E-state index contributed by atoms with van der Waals surface area (Å²) in [7, 11) is 0. The molecular formula is C20H24N4O3S. The van der Waals surface area contributed by atoms with Gasteiger partial charge in [-0.15, -0.1) is 0 Å². The lowest BCUT2D eigenvalue weighted by atomic mass is 10.1. The average Bonchev–Trinajstić information content (AvgIpc) is 3.09. The number of aromatic nitrogens is 2. The molecule has 8 heteroatoms. The van der Waals surface area contributed by atoms with Gasteiger partial charge in [-0.3, -0.25) is 14.6 Å². The van der Waals surface area contributed by atoms with Crippen LogP contribution in [0, 0.1) is 0 Å². The van der Waals surface area contributed by atoms with Crippen LogP contribution < -0.4 is 11.2 Å². The number of rotatable bonds is 6. The molecule has 1 aromatic heterocycles. The quantitative estimate of drug-likeness (QED) is 0.300. The van der Waals surface area contributed by atoms with E-state index in [1.54, 1.807) is 22.2 Å². The van der Waals surface area contributed by atoms with Crippen LogP contribution in [0.3, 0.4) is 0 Å². The van der Waals surface area contributed by atoms with E-state index >= 15 is 0 Å². The highest BCUT2D eigenvalue weighted by Gasteiger charge is 2.24. The van der Waals surface area contributed by atoms with Crippen molar-refractivity contribution in [3.8, 4) is 0 Å². The Balaban J connectivity index is 1.63. The molecule has 0 atom stereocenters. The number of amides is 1. The number of imidazole rings is 1. The van der Waals surface area contributed by atoms with Gasteiger partial charge in [-0.2, -0.15) is 0 Å². The molecule has 0 radical (unpaired) electrons. The fourth-order valence-corrected chi connectivity index (χ4v) is 4.27. The van der Waals surface area contributed by atoms with Crippen LogP contribution in [-0.2, 0) is 0 Å². The number of hydroxylamine groups is 1. The Kier molecular flexibility index (Phi) is 6.91. The Morgan fingerprint density at radius 3 is 2.75 bits per heavy atom. The van der Waals surface area contributed by atoms with Crippen molar-refractivity contribution in [2.45, 2.75) is 30.7 Å². The van der Waals surface area contributed by atoms with Crippen LogP contribution in [0.2, 0.25) is 0 Å². The van der Waals surface area contributed by atoms with E-state index in [4.69, 9.17) is 5.21 Å². The number of hydrogen-bond acceptors (Lipinski definition) is 5. The maximum atomic E-state index is 12.3. The van der Waals surface area contributed by atoms with Crippen LogP contribution in [0.1, 0.15) is 41.9 Å². The van der Waals surface area contributed by atoms with E-state index in [1.807, 2.05) is 49.6 Å². The molecule has 1 amide bonds. The summed E-state index contributed by atoms with van der Waals surface area (Å²) in [5.41, 5.74) is 2.84. The Labute approximate surface area is 167 Å². The summed E-state index contributed by atoms with van der Waals surface area (Å²) in [6.07, 6.45) is 11.2. The summed E-state index contributed by atoms with van der Waals surface area (Å²) in [5.74, 6) is -0.518. The number of aromatic amines is 1. The zero-order valence-electron chi connectivity index (χ0n) is 15.7. The fourth-order valence-electron chi connectivity index (χ4n) is 3.20. The van der Waals surface area contributed by atoms with Gasteiger partial charge in [-0.05, 0) is 49.9 Å². The van der Waals surface area contributed by atoms with Crippen molar-refractivity contribution in [2.24, 2.45) is 0 Å². The van der Waals surface area contributed by atoms with Gasteiger partial charge >= 0.3 is 5.69 Å². The van der Waals surface area contributed by atoms with Gasteiger partial charge in [-0.25, -0.2) is 14.6 Å². The van der Waals surface area contributed by atoms with Gasteiger partial charge in [0.25, 0.3) is 5.91 Å². The van der Waals surface area contributed by atoms with Gasteiger partial charge < -0.3 is 4.98 Å². The number of nitrogens with zero attached hydrogens (tertiary/aromatic N) is 2. The first-order valence-corrected chi connectivity index (χ1v) is 9.96. The Morgan fingerprint density at radius 2 is 2.04 bits per heavy atom. The first kappa shape index (κ1) is 20.2. The molecule has 3 rings (SSSR count). The molecule has 0 saturated carbocycles. The summed E-state index contributed by atoms with van der Waals surface area (Å²) in [6.45, 7) is 3.54. The zero-order chi connectivity index (χ0) is 19.9. The third-order valence-electron chi connectivity index (χ3n) is 4.62. The predicted molar refractivity (Wildman–Crippen MR) is 110 cm³/mol. The molecule has 28 heavy (non-hydrogen) atoms. The van der Waals surface area contributed by atoms with Gasteiger partial charge in [-0.1, -0.05) is 30.4 Å². The van der Waals surface area contributed by atoms with Crippen molar-refractivity contribution in [3.05, 3.63) is 70.4 Å². The number of carbonyl (C=O) groups is 1. The van der Waals surface area contributed by atoms with Crippen LogP contribution in [-0.4, -0.2) is 38.1 Å². The number of allylic oxidation sites excluding steroid dienone is 3. The largest absolute Gasteiger partial charge is 0.326 e. The predicted octanol–water partition coefficient (Wildman–Crippen LogP) is 3.23. The van der Waals surface area contributed by atoms with E-state index in [0.29, 0.717) is 5.56 Å². The van der Waals surface area contributed by atoms with E-state index in [0.717, 1.165) is 36.5 Å². The SMILES string of the molecule is C/C=C\C=C/c1cn(C2CCN(Sc3ccccc3C(=O)NO)CC2)c(=O)[nH]1. The van der Waals surface area contributed by atoms with Gasteiger partial charge in [0.1, 0.15) is 0 Å². The summed E-state index contributed by atoms with van der Waals surface area (Å²) in [4.78, 5) is 27.7. The van der Waals surface area contributed by atoms with Crippen LogP contribution in [0.4, 0.5) is 0 Å². The van der Waals surface area contributed by atoms with Crippen molar-refractivity contribution >= 4 is 23.9 Å². The van der Waals surface area contributed by atoms with Crippen molar-refractivity contribution in [3.63, 3.8) is 0 Å². The van der Waals surface area contributed by atoms with Gasteiger partial charge in [0, 0.05) is 30.2 Å². The lowest BCUT2D eigenvalue weighted by molar-refractivity contribution is 0.0703. The molecule has 3 N–H and O–H groups in total. The second-order valence-corrected chi connectivity index (χ2v) is 7.63. The van der Waals surface area contributed by atoms with Gasteiger partial charge in [0.05, 0.1) is 11.3 Å². The monoisotopic (exact) mass is 400 g/mol. The molecule has 2 aromatic rings. The molecule has 0 bridgehead atoms. The molecule has 0 spiro atoms.